The van der Waals surface area contributed by atoms with Gasteiger partial charge in [0.25, 0.3) is 5.91 Å². The van der Waals surface area contributed by atoms with Crippen molar-refractivity contribution in [1.82, 2.24) is 10.0 Å². The molecule has 0 radical (unpaired) electrons. The molecule has 5 nitrogen and oxygen atoms in total. The van der Waals surface area contributed by atoms with E-state index in [-0.39, 0.29) is 23.4 Å². The van der Waals surface area contributed by atoms with Crippen LogP contribution in [-0.2, 0) is 10.0 Å². The molecular formula is C19H28N2O3S. The van der Waals surface area contributed by atoms with Crippen molar-refractivity contribution in [3.05, 3.63) is 42.5 Å². The molecule has 25 heavy (non-hydrogen) atoms. The van der Waals surface area contributed by atoms with Crippen LogP contribution >= 0.6 is 0 Å². The van der Waals surface area contributed by atoms with E-state index >= 15 is 0 Å². The van der Waals surface area contributed by atoms with Gasteiger partial charge < -0.3 is 5.32 Å². The van der Waals surface area contributed by atoms with Gasteiger partial charge in [-0.2, -0.15) is 0 Å². The van der Waals surface area contributed by atoms with Gasteiger partial charge >= 0.3 is 0 Å². The molecule has 1 aliphatic carbocycles. The van der Waals surface area contributed by atoms with Gasteiger partial charge in [-0.05, 0) is 49.4 Å². The molecule has 2 rings (SSSR count). The number of hydrogen-bond acceptors (Lipinski definition) is 3. The second-order valence-corrected chi connectivity index (χ2v) is 8.35. The SMILES string of the molecule is C=CCNS(=O)(=O)c1ccc(C(=O)NC2CCCC2CCCC)cc1. The van der Waals surface area contributed by atoms with Gasteiger partial charge in [-0.1, -0.05) is 32.3 Å². The van der Waals surface area contributed by atoms with Crippen LogP contribution in [-0.4, -0.2) is 26.9 Å². The molecule has 0 spiro atoms. The number of benzene rings is 1. The first-order valence-corrected chi connectivity index (χ1v) is 10.5. The molecule has 1 aliphatic rings. The van der Waals surface area contributed by atoms with Gasteiger partial charge in [0.05, 0.1) is 4.90 Å². The van der Waals surface area contributed by atoms with Crippen LogP contribution in [0.2, 0.25) is 0 Å². The highest BCUT2D eigenvalue weighted by Gasteiger charge is 2.28. The second-order valence-electron chi connectivity index (χ2n) is 6.58. The van der Waals surface area contributed by atoms with Crippen molar-refractivity contribution >= 4 is 15.9 Å². The minimum atomic E-state index is -3.56. The molecule has 2 unspecified atom stereocenters. The van der Waals surface area contributed by atoms with Crippen molar-refractivity contribution in [2.75, 3.05) is 6.54 Å². The Kier molecular flexibility index (Phi) is 7.20. The predicted molar refractivity (Wildman–Crippen MR) is 99.9 cm³/mol. The summed E-state index contributed by atoms with van der Waals surface area (Å²) in [4.78, 5) is 12.6. The van der Waals surface area contributed by atoms with E-state index in [4.69, 9.17) is 0 Å². The van der Waals surface area contributed by atoms with Crippen LogP contribution in [0.25, 0.3) is 0 Å². The van der Waals surface area contributed by atoms with E-state index in [0.717, 1.165) is 19.3 Å². The summed E-state index contributed by atoms with van der Waals surface area (Å²) < 4.78 is 26.5. The van der Waals surface area contributed by atoms with Gasteiger partial charge in [-0.3, -0.25) is 4.79 Å². The zero-order valence-corrected chi connectivity index (χ0v) is 15.6. The molecule has 0 bridgehead atoms. The van der Waals surface area contributed by atoms with E-state index in [1.807, 2.05) is 0 Å². The van der Waals surface area contributed by atoms with E-state index in [1.54, 1.807) is 12.1 Å². The van der Waals surface area contributed by atoms with Crippen molar-refractivity contribution in [3.63, 3.8) is 0 Å². The molecule has 6 heteroatoms. The van der Waals surface area contributed by atoms with E-state index in [0.29, 0.717) is 11.5 Å². The molecule has 138 valence electrons. The molecule has 2 atom stereocenters. The third kappa shape index (κ3) is 5.41. The summed E-state index contributed by atoms with van der Waals surface area (Å²) in [5.74, 6) is 0.433. The van der Waals surface area contributed by atoms with Crippen LogP contribution in [0, 0.1) is 5.92 Å². The minimum absolute atomic E-state index is 0.128. The van der Waals surface area contributed by atoms with Crippen molar-refractivity contribution in [3.8, 4) is 0 Å². The Hall–Kier alpha value is -1.66. The quantitative estimate of drug-likeness (QED) is 0.661. The van der Waals surface area contributed by atoms with Gasteiger partial charge in [0.2, 0.25) is 10.0 Å². The number of nitrogens with one attached hydrogen (secondary N) is 2. The van der Waals surface area contributed by atoms with Gasteiger partial charge in [0.1, 0.15) is 0 Å². The predicted octanol–water partition coefficient (Wildman–Crippen LogP) is 3.24. The lowest BCUT2D eigenvalue weighted by molar-refractivity contribution is 0.0926. The largest absolute Gasteiger partial charge is 0.349 e. The fraction of sp³-hybridized carbons (Fsp3) is 0.526. The van der Waals surface area contributed by atoms with Crippen LogP contribution in [0.4, 0.5) is 0 Å². The monoisotopic (exact) mass is 364 g/mol. The summed E-state index contributed by atoms with van der Waals surface area (Å²) in [7, 11) is -3.56. The maximum atomic E-state index is 12.5. The molecule has 1 aromatic rings. The Bertz CT molecular complexity index is 683. The number of hydrogen-bond donors (Lipinski definition) is 2. The first-order chi connectivity index (χ1) is 12.0. The summed E-state index contributed by atoms with van der Waals surface area (Å²) >= 11 is 0. The highest BCUT2D eigenvalue weighted by atomic mass is 32.2. The molecule has 2 N–H and O–H groups in total. The topological polar surface area (TPSA) is 75.3 Å². The van der Waals surface area contributed by atoms with E-state index < -0.39 is 10.0 Å². The number of rotatable bonds is 9. The molecule has 1 amide bonds. The van der Waals surface area contributed by atoms with Crippen molar-refractivity contribution < 1.29 is 13.2 Å². The molecule has 0 heterocycles. The highest BCUT2D eigenvalue weighted by Crippen LogP contribution is 2.30. The number of amides is 1. The van der Waals surface area contributed by atoms with Crippen LogP contribution in [0.1, 0.15) is 55.8 Å². The van der Waals surface area contributed by atoms with Gasteiger partial charge in [-0.15, -0.1) is 6.58 Å². The molecular weight excluding hydrogens is 336 g/mol. The summed E-state index contributed by atoms with van der Waals surface area (Å²) in [6.45, 7) is 5.84. The maximum Gasteiger partial charge on any atom is 0.251 e. The number of carbonyl (C=O) groups is 1. The van der Waals surface area contributed by atoms with Crippen molar-refractivity contribution in [2.45, 2.75) is 56.4 Å². The van der Waals surface area contributed by atoms with E-state index in [2.05, 4.69) is 23.5 Å². The molecule has 1 fully saturated rings. The fourth-order valence-electron chi connectivity index (χ4n) is 3.33. The Labute approximate surface area is 151 Å². The van der Waals surface area contributed by atoms with E-state index in [9.17, 15) is 13.2 Å². The van der Waals surface area contributed by atoms with Gasteiger partial charge in [0.15, 0.2) is 0 Å². The van der Waals surface area contributed by atoms with Gasteiger partial charge in [-0.25, -0.2) is 13.1 Å². The summed E-state index contributed by atoms with van der Waals surface area (Å²) in [6, 6.07) is 6.28. The number of unbranched alkanes of at least 4 members (excludes halogenated alkanes) is 1. The average molecular weight is 365 g/mol. The second kappa shape index (κ2) is 9.15. The van der Waals surface area contributed by atoms with Crippen LogP contribution in [0.15, 0.2) is 41.8 Å². The van der Waals surface area contributed by atoms with E-state index in [1.165, 1.54) is 37.5 Å². The lowest BCUT2D eigenvalue weighted by atomic mass is 9.96. The molecule has 0 aromatic heterocycles. The van der Waals surface area contributed by atoms with Gasteiger partial charge in [0, 0.05) is 18.2 Å². The van der Waals surface area contributed by atoms with Crippen molar-refractivity contribution in [2.24, 2.45) is 5.92 Å². The zero-order valence-electron chi connectivity index (χ0n) is 14.8. The standard InChI is InChI=1S/C19H28N2O3S/c1-3-5-7-15-8-6-9-18(15)21-19(22)16-10-12-17(13-11-16)25(23,24)20-14-4-2/h4,10-13,15,18,20H,2-3,5-9,14H2,1H3,(H,21,22). The first-order valence-electron chi connectivity index (χ1n) is 8.99. The average Bonchev–Trinajstić information content (AvgIpc) is 3.05. The highest BCUT2D eigenvalue weighted by molar-refractivity contribution is 7.89. The number of sulfonamides is 1. The smallest absolute Gasteiger partial charge is 0.251 e. The van der Waals surface area contributed by atoms with Crippen molar-refractivity contribution in [1.29, 1.82) is 0 Å². The first kappa shape index (κ1) is 19.7. The van der Waals surface area contributed by atoms with Crippen LogP contribution < -0.4 is 10.0 Å². The summed E-state index contributed by atoms with van der Waals surface area (Å²) in [5.41, 5.74) is 0.490. The third-order valence-electron chi connectivity index (χ3n) is 4.75. The van der Waals surface area contributed by atoms with Crippen LogP contribution in [0.5, 0.6) is 0 Å². The molecule has 0 saturated heterocycles. The fourth-order valence-corrected chi connectivity index (χ4v) is 4.33. The summed E-state index contributed by atoms with van der Waals surface area (Å²) in [5, 5.41) is 3.13. The minimum Gasteiger partial charge on any atom is -0.349 e. The lowest BCUT2D eigenvalue weighted by Gasteiger charge is -2.21. The molecule has 1 saturated carbocycles. The number of carbonyl (C=O) groups excluding carboxylic acids is 1. The normalized spacial score (nSPS) is 20.4. The third-order valence-corrected chi connectivity index (χ3v) is 6.19. The Morgan fingerprint density at radius 2 is 2.00 bits per heavy atom. The Morgan fingerprint density at radius 1 is 1.28 bits per heavy atom. The Balaban J connectivity index is 1.99. The zero-order chi connectivity index (χ0) is 18.3. The lowest BCUT2D eigenvalue weighted by Crippen LogP contribution is -2.37. The van der Waals surface area contributed by atoms with Crippen LogP contribution in [0.3, 0.4) is 0 Å². The maximum absolute atomic E-state index is 12.5. The summed E-state index contributed by atoms with van der Waals surface area (Å²) in [6.07, 6.45) is 8.37. The molecule has 1 aromatic carbocycles. The molecule has 0 aliphatic heterocycles. The Morgan fingerprint density at radius 3 is 2.64 bits per heavy atom.